The van der Waals surface area contributed by atoms with Crippen LogP contribution in [0.2, 0.25) is 0 Å². The van der Waals surface area contributed by atoms with Crippen LogP contribution >= 0.6 is 24.0 Å². The number of halogens is 5. The van der Waals surface area contributed by atoms with Gasteiger partial charge < -0.3 is 20.1 Å². The van der Waals surface area contributed by atoms with Crippen molar-refractivity contribution >= 4 is 29.9 Å². The fraction of sp³-hybridized carbons (Fsp3) is 0.316. The highest BCUT2D eigenvalue weighted by molar-refractivity contribution is 14.0. The fourth-order valence-electron chi connectivity index (χ4n) is 2.92. The number of hydrogen-bond acceptors (Lipinski definition) is 3. The molecule has 2 N–H and O–H groups in total. The van der Waals surface area contributed by atoms with E-state index in [1.165, 1.54) is 31.3 Å². The summed E-state index contributed by atoms with van der Waals surface area (Å²) in [7, 11) is 1.50. The summed E-state index contributed by atoms with van der Waals surface area (Å²) in [5, 5.41) is 5.80. The number of nitrogens with one attached hydrogen (secondary N) is 2. The van der Waals surface area contributed by atoms with Gasteiger partial charge in [-0.15, -0.1) is 24.0 Å². The van der Waals surface area contributed by atoms with Gasteiger partial charge in [0.05, 0.1) is 12.2 Å². The second-order valence-electron chi connectivity index (χ2n) is 6.10. The minimum Gasteiger partial charge on any atom is -0.467 e. The molecule has 0 aromatic heterocycles. The lowest BCUT2D eigenvalue weighted by molar-refractivity contribution is -0.138. The Hall–Kier alpha value is -2.08. The smallest absolute Gasteiger partial charge is 0.416 e. The monoisotopic (exact) mass is 525 g/mol. The van der Waals surface area contributed by atoms with E-state index in [2.05, 4.69) is 15.6 Å². The zero-order chi connectivity index (χ0) is 20.1. The van der Waals surface area contributed by atoms with Gasteiger partial charge >= 0.3 is 6.18 Å². The molecule has 29 heavy (non-hydrogen) atoms. The van der Waals surface area contributed by atoms with Crippen LogP contribution in [-0.2, 0) is 30.6 Å². The molecule has 0 spiro atoms. The van der Waals surface area contributed by atoms with Crippen LogP contribution in [0, 0.1) is 5.82 Å². The fourth-order valence-corrected chi connectivity index (χ4v) is 2.92. The number of hydrogen-bond donors (Lipinski definition) is 2. The van der Waals surface area contributed by atoms with E-state index in [1.807, 2.05) is 0 Å². The molecule has 2 aromatic carbocycles. The number of nitrogens with zero attached hydrogens (tertiary/aromatic N) is 1. The molecule has 158 valence electrons. The van der Waals surface area contributed by atoms with Gasteiger partial charge in [-0.2, -0.15) is 13.2 Å². The van der Waals surface area contributed by atoms with Crippen molar-refractivity contribution in [3.05, 3.63) is 64.5 Å². The van der Waals surface area contributed by atoms with E-state index in [9.17, 15) is 17.6 Å². The predicted molar refractivity (Wildman–Crippen MR) is 111 cm³/mol. The van der Waals surface area contributed by atoms with E-state index in [4.69, 9.17) is 9.47 Å². The lowest BCUT2D eigenvalue weighted by Crippen LogP contribution is -2.37. The molecule has 0 amide bonds. The molecule has 0 radical (unpaired) electrons. The Labute approximate surface area is 182 Å². The summed E-state index contributed by atoms with van der Waals surface area (Å²) in [4.78, 5) is 4.00. The molecule has 3 rings (SSSR count). The molecule has 5 nitrogen and oxygen atoms in total. The number of aliphatic imine (C=N–C) groups is 1. The first kappa shape index (κ1) is 23.2. The van der Waals surface area contributed by atoms with Crippen molar-refractivity contribution < 1.29 is 27.0 Å². The molecule has 10 heteroatoms. The molecule has 1 aliphatic rings. The Kier molecular flexibility index (Phi) is 8.08. The van der Waals surface area contributed by atoms with Crippen molar-refractivity contribution in [1.29, 1.82) is 0 Å². The van der Waals surface area contributed by atoms with Crippen LogP contribution in [0.15, 0.2) is 41.4 Å². The standard InChI is InChI=1S/C19H19F4N3O2.HI/c1-24-18(25-8-12-4-2-3-5-16(12)19(21,22)23)26-9-13-6-15(20)7-14-10-27-11-28-17(13)14;/h2-7H,8-11H2,1H3,(H2,24,25,26);1H. The molecule has 1 aliphatic heterocycles. The van der Waals surface area contributed by atoms with E-state index in [1.54, 1.807) is 6.07 Å². The Morgan fingerprint density at radius 3 is 2.48 bits per heavy atom. The zero-order valence-electron chi connectivity index (χ0n) is 15.5. The molecule has 0 aliphatic carbocycles. The molecule has 0 atom stereocenters. The summed E-state index contributed by atoms with van der Waals surface area (Å²) in [6, 6.07) is 8.01. The molecule has 1 heterocycles. The van der Waals surface area contributed by atoms with Crippen LogP contribution in [0.25, 0.3) is 0 Å². The summed E-state index contributed by atoms with van der Waals surface area (Å²) in [6.07, 6.45) is -4.44. The van der Waals surface area contributed by atoms with E-state index >= 15 is 0 Å². The largest absolute Gasteiger partial charge is 0.467 e. The summed E-state index contributed by atoms with van der Waals surface area (Å²) in [6.45, 7) is 0.440. The Bertz CT molecular complexity index is 875. The van der Waals surface area contributed by atoms with Gasteiger partial charge in [0.15, 0.2) is 12.8 Å². The minimum absolute atomic E-state index is 0. The van der Waals surface area contributed by atoms with Gasteiger partial charge in [-0.25, -0.2) is 4.39 Å². The third kappa shape index (κ3) is 5.95. The highest BCUT2D eigenvalue weighted by atomic mass is 127. The Morgan fingerprint density at radius 2 is 1.79 bits per heavy atom. The average Bonchev–Trinajstić information content (AvgIpc) is 2.67. The quantitative estimate of drug-likeness (QED) is 0.272. The third-order valence-electron chi connectivity index (χ3n) is 4.19. The van der Waals surface area contributed by atoms with Crippen molar-refractivity contribution in [2.45, 2.75) is 25.9 Å². The molecule has 0 unspecified atom stereocenters. The number of guanidine groups is 1. The van der Waals surface area contributed by atoms with Crippen molar-refractivity contribution in [3.8, 4) is 5.75 Å². The maximum atomic E-state index is 13.8. The normalized spacial score (nSPS) is 13.8. The van der Waals surface area contributed by atoms with E-state index in [-0.39, 0.29) is 62.0 Å². The van der Waals surface area contributed by atoms with Crippen LogP contribution in [0.4, 0.5) is 17.6 Å². The molecule has 0 fully saturated rings. The first-order chi connectivity index (χ1) is 13.4. The Morgan fingerprint density at radius 1 is 1.10 bits per heavy atom. The maximum Gasteiger partial charge on any atom is 0.416 e. The zero-order valence-corrected chi connectivity index (χ0v) is 17.8. The summed E-state index contributed by atoms with van der Waals surface area (Å²) in [5.74, 6) is 0.395. The van der Waals surface area contributed by atoms with Crippen molar-refractivity contribution in [1.82, 2.24) is 10.6 Å². The molecule has 0 bridgehead atoms. The molecule has 0 saturated carbocycles. The van der Waals surface area contributed by atoms with Gasteiger partial charge in [0.25, 0.3) is 0 Å². The van der Waals surface area contributed by atoms with Crippen LogP contribution in [-0.4, -0.2) is 19.8 Å². The number of benzene rings is 2. The minimum atomic E-state index is -4.44. The average molecular weight is 525 g/mol. The van der Waals surface area contributed by atoms with Crippen molar-refractivity contribution in [3.63, 3.8) is 0 Å². The first-order valence-corrected chi connectivity index (χ1v) is 8.50. The second-order valence-corrected chi connectivity index (χ2v) is 6.10. The first-order valence-electron chi connectivity index (χ1n) is 8.50. The number of alkyl halides is 3. The van der Waals surface area contributed by atoms with Crippen LogP contribution < -0.4 is 15.4 Å². The lowest BCUT2D eigenvalue weighted by Gasteiger charge is -2.21. The van der Waals surface area contributed by atoms with E-state index < -0.39 is 17.6 Å². The summed E-state index contributed by atoms with van der Waals surface area (Å²) in [5.41, 5.74) is 0.564. The molecule has 0 saturated heterocycles. The number of ether oxygens (including phenoxy) is 2. The van der Waals surface area contributed by atoms with Crippen LogP contribution in [0.5, 0.6) is 5.75 Å². The third-order valence-corrected chi connectivity index (χ3v) is 4.19. The SMILES string of the molecule is CN=C(NCc1ccccc1C(F)(F)F)NCc1cc(F)cc2c1OCOC2.I. The van der Waals surface area contributed by atoms with Gasteiger partial charge in [-0.1, -0.05) is 18.2 Å². The highest BCUT2D eigenvalue weighted by Crippen LogP contribution is 2.32. The predicted octanol–water partition coefficient (Wildman–Crippen LogP) is 4.19. The molecule has 2 aromatic rings. The second kappa shape index (κ2) is 10.1. The van der Waals surface area contributed by atoms with Gasteiger partial charge in [0.2, 0.25) is 0 Å². The summed E-state index contributed by atoms with van der Waals surface area (Å²) < 4.78 is 63.6. The van der Waals surface area contributed by atoms with Crippen LogP contribution in [0.1, 0.15) is 22.3 Å². The van der Waals surface area contributed by atoms with E-state index in [0.29, 0.717) is 16.9 Å². The van der Waals surface area contributed by atoms with Gasteiger partial charge in [0.1, 0.15) is 11.6 Å². The molecular weight excluding hydrogens is 505 g/mol. The van der Waals surface area contributed by atoms with Crippen molar-refractivity contribution in [2.24, 2.45) is 4.99 Å². The lowest BCUT2D eigenvalue weighted by atomic mass is 10.1. The Balaban J connectivity index is 0.00000300. The topological polar surface area (TPSA) is 54.9 Å². The van der Waals surface area contributed by atoms with E-state index in [0.717, 1.165) is 6.07 Å². The maximum absolute atomic E-state index is 13.8. The van der Waals surface area contributed by atoms with Gasteiger partial charge in [0, 0.05) is 31.3 Å². The molecular formula is C19H20F4IN3O2. The van der Waals surface area contributed by atoms with Gasteiger partial charge in [-0.05, 0) is 23.8 Å². The van der Waals surface area contributed by atoms with Gasteiger partial charge in [-0.3, -0.25) is 4.99 Å². The number of rotatable bonds is 4. The highest BCUT2D eigenvalue weighted by Gasteiger charge is 2.32. The van der Waals surface area contributed by atoms with Crippen molar-refractivity contribution in [2.75, 3.05) is 13.8 Å². The van der Waals surface area contributed by atoms with Crippen LogP contribution in [0.3, 0.4) is 0 Å². The summed E-state index contributed by atoms with van der Waals surface area (Å²) >= 11 is 0. The number of fused-ring (bicyclic) bond motifs is 1.